The minimum absolute atomic E-state index is 0.185. The van der Waals surface area contributed by atoms with Crippen LogP contribution in [0.3, 0.4) is 0 Å². The SMILES string of the molecule is CC(OC1CCCCO1)c1c(CC#N)c2ccccc2n1C(=O)OC(C)(C)C. The van der Waals surface area contributed by atoms with E-state index in [9.17, 15) is 10.1 Å². The smallest absolute Gasteiger partial charge is 0.419 e. The molecule has 2 aromatic rings. The molecule has 1 aliphatic heterocycles. The van der Waals surface area contributed by atoms with Gasteiger partial charge in [0, 0.05) is 12.0 Å². The maximum Gasteiger partial charge on any atom is 0.419 e. The van der Waals surface area contributed by atoms with Crippen LogP contribution in [-0.4, -0.2) is 29.2 Å². The van der Waals surface area contributed by atoms with Gasteiger partial charge in [-0.2, -0.15) is 5.26 Å². The van der Waals surface area contributed by atoms with Crippen LogP contribution in [0.1, 0.15) is 64.3 Å². The Kier molecular flexibility index (Phi) is 6.07. The molecule has 1 aromatic heterocycles. The Labute approximate surface area is 166 Å². The fraction of sp³-hybridized carbons (Fsp3) is 0.545. The van der Waals surface area contributed by atoms with Crippen molar-refractivity contribution in [2.75, 3.05) is 6.61 Å². The molecule has 2 unspecified atom stereocenters. The third kappa shape index (κ3) is 4.37. The fourth-order valence-corrected chi connectivity index (χ4v) is 3.63. The molecule has 150 valence electrons. The molecule has 0 spiro atoms. The maximum atomic E-state index is 13.1. The van der Waals surface area contributed by atoms with Gasteiger partial charge in [0.25, 0.3) is 0 Å². The van der Waals surface area contributed by atoms with E-state index in [1.165, 1.54) is 0 Å². The van der Waals surface area contributed by atoms with Crippen LogP contribution in [0.2, 0.25) is 0 Å². The predicted molar refractivity (Wildman–Crippen MR) is 106 cm³/mol. The first kappa shape index (κ1) is 20.4. The van der Waals surface area contributed by atoms with E-state index < -0.39 is 17.8 Å². The number of aromatic nitrogens is 1. The Morgan fingerprint density at radius 3 is 2.75 bits per heavy atom. The highest BCUT2D eigenvalue weighted by atomic mass is 16.7. The van der Waals surface area contributed by atoms with Crippen molar-refractivity contribution < 1.29 is 19.0 Å². The van der Waals surface area contributed by atoms with Crippen LogP contribution < -0.4 is 0 Å². The van der Waals surface area contributed by atoms with E-state index in [-0.39, 0.29) is 12.7 Å². The Morgan fingerprint density at radius 1 is 1.36 bits per heavy atom. The van der Waals surface area contributed by atoms with E-state index in [1.807, 2.05) is 52.0 Å². The maximum absolute atomic E-state index is 13.1. The number of fused-ring (bicyclic) bond motifs is 1. The molecular formula is C22H28N2O4. The largest absolute Gasteiger partial charge is 0.443 e. The molecule has 28 heavy (non-hydrogen) atoms. The van der Waals surface area contributed by atoms with Crippen molar-refractivity contribution in [3.05, 3.63) is 35.5 Å². The molecule has 6 heteroatoms. The van der Waals surface area contributed by atoms with Gasteiger partial charge in [0.05, 0.1) is 29.8 Å². The van der Waals surface area contributed by atoms with E-state index in [2.05, 4.69) is 6.07 Å². The number of benzene rings is 1. The van der Waals surface area contributed by atoms with E-state index in [0.717, 1.165) is 35.7 Å². The van der Waals surface area contributed by atoms with Gasteiger partial charge >= 0.3 is 6.09 Å². The van der Waals surface area contributed by atoms with Crippen LogP contribution in [0.5, 0.6) is 0 Å². The van der Waals surface area contributed by atoms with E-state index in [4.69, 9.17) is 14.2 Å². The Morgan fingerprint density at radius 2 is 2.11 bits per heavy atom. The van der Waals surface area contributed by atoms with Crippen molar-refractivity contribution in [1.29, 1.82) is 5.26 Å². The molecule has 2 atom stereocenters. The minimum atomic E-state index is -0.633. The Hall–Kier alpha value is -2.36. The highest BCUT2D eigenvalue weighted by Gasteiger charge is 2.30. The molecule has 1 aromatic carbocycles. The zero-order valence-electron chi connectivity index (χ0n) is 17.0. The average Bonchev–Trinajstić information content (AvgIpc) is 2.96. The summed E-state index contributed by atoms with van der Waals surface area (Å²) in [5, 5.41) is 10.3. The third-order valence-corrected chi connectivity index (χ3v) is 4.73. The molecule has 3 rings (SSSR count). The molecular weight excluding hydrogens is 356 g/mol. The first-order valence-corrected chi connectivity index (χ1v) is 9.81. The van der Waals surface area contributed by atoms with Crippen molar-refractivity contribution in [2.45, 2.75) is 71.4 Å². The average molecular weight is 384 g/mol. The standard InChI is InChI=1S/C22H28N2O4/c1-15(27-19-11-7-8-14-26-19)20-17(12-13-23)16-9-5-6-10-18(16)24(20)21(25)28-22(2,3)4/h5-6,9-10,15,19H,7-8,11-12,14H2,1-4H3. The molecule has 0 saturated carbocycles. The molecule has 1 aliphatic rings. The zero-order valence-corrected chi connectivity index (χ0v) is 17.0. The first-order chi connectivity index (χ1) is 13.3. The normalized spacial score (nSPS) is 18.6. The van der Waals surface area contributed by atoms with E-state index in [1.54, 1.807) is 4.57 Å². The van der Waals surface area contributed by atoms with Gasteiger partial charge in [-0.3, -0.25) is 0 Å². The van der Waals surface area contributed by atoms with Gasteiger partial charge in [0.2, 0.25) is 0 Å². The quantitative estimate of drug-likeness (QED) is 0.734. The molecule has 0 bridgehead atoms. The van der Waals surface area contributed by atoms with Crippen LogP contribution in [-0.2, 0) is 20.6 Å². The van der Waals surface area contributed by atoms with Crippen LogP contribution in [0.4, 0.5) is 4.79 Å². The number of carbonyl (C=O) groups is 1. The third-order valence-electron chi connectivity index (χ3n) is 4.73. The number of rotatable bonds is 4. The lowest BCUT2D eigenvalue weighted by molar-refractivity contribution is -0.187. The molecule has 0 N–H and O–H groups in total. The summed E-state index contributed by atoms with van der Waals surface area (Å²) in [5.74, 6) is 0. The predicted octanol–water partition coefficient (Wildman–Crippen LogP) is 5.09. The van der Waals surface area contributed by atoms with Gasteiger partial charge in [-0.1, -0.05) is 18.2 Å². The molecule has 0 radical (unpaired) electrons. The van der Waals surface area contributed by atoms with Crippen LogP contribution in [0.25, 0.3) is 10.9 Å². The van der Waals surface area contributed by atoms with Gasteiger partial charge < -0.3 is 14.2 Å². The molecule has 1 saturated heterocycles. The highest BCUT2D eigenvalue weighted by Crippen LogP contribution is 2.34. The Bertz CT molecular complexity index is 882. The van der Waals surface area contributed by atoms with Gasteiger partial charge in [0.15, 0.2) is 6.29 Å². The summed E-state index contributed by atoms with van der Waals surface area (Å²) in [6.45, 7) is 8.08. The Balaban J connectivity index is 2.09. The van der Waals surface area contributed by atoms with Crippen molar-refractivity contribution >= 4 is 17.0 Å². The van der Waals surface area contributed by atoms with Crippen molar-refractivity contribution in [1.82, 2.24) is 4.57 Å². The van der Waals surface area contributed by atoms with Gasteiger partial charge in [-0.25, -0.2) is 9.36 Å². The molecule has 0 amide bonds. The summed E-state index contributed by atoms with van der Waals surface area (Å²) >= 11 is 0. The summed E-state index contributed by atoms with van der Waals surface area (Å²) < 4.78 is 19.1. The molecule has 0 aliphatic carbocycles. The monoisotopic (exact) mass is 384 g/mol. The first-order valence-electron chi connectivity index (χ1n) is 9.81. The number of ether oxygens (including phenoxy) is 3. The molecule has 2 heterocycles. The lowest BCUT2D eigenvalue weighted by Crippen LogP contribution is -2.30. The topological polar surface area (TPSA) is 73.5 Å². The van der Waals surface area contributed by atoms with Crippen molar-refractivity contribution in [3.8, 4) is 6.07 Å². The number of nitrogens with zero attached hydrogens (tertiary/aromatic N) is 2. The second-order valence-corrected chi connectivity index (χ2v) is 8.11. The lowest BCUT2D eigenvalue weighted by atomic mass is 10.1. The summed E-state index contributed by atoms with van der Waals surface area (Å²) in [7, 11) is 0. The summed E-state index contributed by atoms with van der Waals surface area (Å²) in [4.78, 5) is 13.1. The van der Waals surface area contributed by atoms with Gasteiger partial charge in [-0.15, -0.1) is 0 Å². The van der Waals surface area contributed by atoms with Gasteiger partial charge in [-0.05, 0) is 58.6 Å². The van der Waals surface area contributed by atoms with E-state index in [0.29, 0.717) is 12.3 Å². The lowest BCUT2D eigenvalue weighted by Gasteiger charge is -2.27. The second kappa shape index (κ2) is 8.34. The zero-order chi connectivity index (χ0) is 20.3. The van der Waals surface area contributed by atoms with Crippen molar-refractivity contribution in [2.24, 2.45) is 0 Å². The summed E-state index contributed by atoms with van der Waals surface area (Å²) in [6, 6.07) is 9.80. The van der Waals surface area contributed by atoms with Crippen LogP contribution >= 0.6 is 0 Å². The summed E-state index contributed by atoms with van der Waals surface area (Å²) in [5.41, 5.74) is 1.54. The number of hydrogen-bond donors (Lipinski definition) is 0. The minimum Gasteiger partial charge on any atom is -0.443 e. The van der Waals surface area contributed by atoms with Crippen LogP contribution in [0, 0.1) is 11.3 Å². The summed E-state index contributed by atoms with van der Waals surface area (Å²) in [6.07, 6.45) is 1.90. The fourth-order valence-electron chi connectivity index (χ4n) is 3.63. The van der Waals surface area contributed by atoms with Crippen LogP contribution in [0.15, 0.2) is 24.3 Å². The van der Waals surface area contributed by atoms with E-state index >= 15 is 0 Å². The number of carbonyl (C=O) groups excluding carboxylic acids is 1. The van der Waals surface area contributed by atoms with Crippen molar-refractivity contribution in [3.63, 3.8) is 0 Å². The number of hydrogen-bond acceptors (Lipinski definition) is 5. The van der Waals surface area contributed by atoms with Gasteiger partial charge in [0.1, 0.15) is 5.60 Å². The molecule has 6 nitrogen and oxygen atoms in total. The number of para-hydroxylation sites is 1. The number of nitriles is 1. The second-order valence-electron chi connectivity index (χ2n) is 8.11. The molecule has 1 fully saturated rings. The highest BCUT2D eigenvalue weighted by molar-refractivity contribution is 5.94.